The molecule has 1 aliphatic rings. The van der Waals surface area contributed by atoms with Gasteiger partial charge in [0.15, 0.2) is 0 Å². The summed E-state index contributed by atoms with van der Waals surface area (Å²) in [4.78, 5) is 14.8. The van der Waals surface area contributed by atoms with Crippen molar-refractivity contribution >= 4 is 5.97 Å². The summed E-state index contributed by atoms with van der Waals surface area (Å²) in [5.41, 5.74) is 5.45. The molecule has 0 aromatic heterocycles. The van der Waals surface area contributed by atoms with E-state index in [9.17, 15) is 4.79 Å². The Kier molecular flexibility index (Phi) is 6.32. The van der Waals surface area contributed by atoms with E-state index in [2.05, 4.69) is 4.90 Å². The van der Waals surface area contributed by atoms with Gasteiger partial charge >= 0.3 is 5.97 Å². The lowest BCUT2D eigenvalue weighted by molar-refractivity contribution is -0.138. The Labute approximate surface area is 95.9 Å². The highest BCUT2D eigenvalue weighted by molar-refractivity contribution is 5.69. The van der Waals surface area contributed by atoms with Gasteiger partial charge in [-0.1, -0.05) is 0 Å². The minimum atomic E-state index is -0.796. The number of carboxylic acids is 1. The van der Waals surface area contributed by atoms with E-state index in [1.54, 1.807) is 0 Å². The molecule has 0 unspecified atom stereocenters. The van der Waals surface area contributed by atoms with Gasteiger partial charge in [-0.25, -0.2) is 0 Å². The van der Waals surface area contributed by atoms with E-state index in [1.165, 1.54) is 0 Å². The van der Waals surface area contributed by atoms with Crippen LogP contribution in [-0.4, -0.2) is 79.9 Å². The standard InChI is InChI=1S/C10H21N3O3/c11-1-2-13(9-10(14)15)4-3-12-5-7-16-8-6-12/h1-9,11H2,(H,14,15). The van der Waals surface area contributed by atoms with Crippen LogP contribution in [0.25, 0.3) is 0 Å². The number of hydrogen-bond acceptors (Lipinski definition) is 5. The topological polar surface area (TPSA) is 79.0 Å². The summed E-state index contributed by atoms with van der Waals surface area (Å²) < 4.78 is 5.25. The molecule has 0 aromatic carbocycles. The molecule has 1 saturated heterocycles. The Bertz CT molecular complexity index is 207. The van der Waals surface area contributed by atoms with Crippen molar-refractivity contribution in [2.24, 2.45) is 5.73 Å². The minimum Gasteiger partial charge on any atom is -0.480 e. The van der Waals surface area contributed by atoms with E-state index in [4.69, 9.17) is 15.6 Å². The minimum absolute atomic E-state index is 0.0710. The zero-order valence-electron chi connectivity index (χ0n) is 9.60. The highest BCUT2D eigenvalue weighted by Crippen LogP contribution is 1.97. The average molecular weight is 231 g/mol. The molecule has 1 fully saturated rings. The van der Waals surface area contributed by atoms with Crippen molar-refractivity contribution < 1.29 is 14.6 Å². The Morgan fingerprint density at radius 3 is 2.62 bits per heavy atom. The molecule has 1 aliphatic heterocycles. The molecule has 0 amide bonds. The first kappa shape index (κ1) is 13.4. The summed E-state index contributed by atoms with van der Waals surface area (Å²) in [7, 11) is 0. The number of hydrogen-bond donors (Lipinski definition) is 2. The summed E-state index contributed by atoms with van der Waals surface area (Å²) in [6.45, 7) is 6.26. The summed E-state index contributed by atoms with van der Waals surface area (Å²) in [6, 6.07) is 0. The lowest BCUT2D eigenvalue weighted by atomic mass is 10.3. The number of carboxylic acid groups (broad SMARTS) is 1. The molecule has 0 spiro atoms. The fourth-order valence-electron chi connectivity index (χ4n) is 1.75. The van der Waals surface area contributed by atoms with Crippen LogP contribution in [0.15, 0.2) is 0 Å². The Morgan fingerprint density at radius 2 is 2.06 bits per heavy atom. The first-order valence-electron chi connectivity index (χ1n) is 5.66. The fraction of sp³-hybridized carbons (Fsp3) is 0.900. The van der Waals surface area contributed by atoms with E-state index in [0.717, 1.165) is 39.4 Å². The van der Waals surface area contributed by atoms with Crippen molar-refractivity contribution in [2.45, 2.75) is 0 Å². The van der Waals surface area contributed by atoms with Gasteiger partial charge in [0.1, 0.15) is 0 Å². The molecule has 16 heavy (non-hydrogen) atoms. The third kappa shape index (κ3) is 5.41. The van der Waals surface area contributed by atoms with Crippen LogP contribution < -0.4 is 5.73 Å². The normalized spacial score (nSPS) is 17.9. The van der Waals surface area contributed by atoms with Crippen molar-refractivity contribution in [1.82, 2.24) is 9.80 Å². The monoisotopic (exact) mass is 231 g/mol. The van der Waals surface area contributed by atoms with E-state index >= 15 is 0 Å². The molecular formula is C10H21N3O3. The Hall–Kier alpha value is -0.690. The van der Waals surface area contributed by atoms with Gasteiger partial charge in [0.2, 0.25) is 0 Å². The molecule has 3 N–H and O–H groups in total. The highest BCUT2D eigenvalue weighted by atomic mass is 16.5. The number of rotatable bonds is 7. The molecule has 6 heteroatoms. The predicted molar refractivity (Wildman–Crippen MR) is 60.4 cm³/mol. The largest absolute Gasteiger partial charge is 0.480 e. The first-order valence-corrected chi connectivity index (χ1v) is 5.66. The second-order valence-electron chi connectivity index (χ2n) is 3.91. The van der Waals surface area contributed by atoms with Gasteiger partial charge in [0.25, 0.3) is 0 Å². The maximum Gasteiger partial charge on any atom is 0.317 e. The molecule has 1 heterocycles. The number of ether oxygens (including phenoxy) is 1. The van der Waals surface area contributed by atoms with Gasteiger partial charge in [-0.3, -0.25) is 14.6 Å². The van der Waals surface area contributed by atoms with E-state index in [0.29, 0.717) is 13.1 Å². The summed E-state index contributed by atoms with van der Waals surface area (Å²) in [6.07, 6.45) is 0. The highest BCUT2D eigenvalue weighted by Gasteiger charge is 2.13. The summed E-state index contributed by atoms with van der Waals surface area (Å²) in [5.74, 6) is -0.796. The molecule has 0 bridgehead atoms. The lowest BCUT2D eigenvalue weighted by Gasteiger charge is -2.29. The molecule has 0 radical (unpaired) electrons. The van der Waals surface area contributed by atoms with Crippen molar-refractivity contribution in [3.63, 3.8) is 0 Å². The maximum atomic E-state index is 10.6. The number of morpholine rings is 1. The van der Waals surface area contributed by atoms with Crippen LogP contribution in [0.3, 0.4) is 0 Å². The molecule has 0 aromatic rings. The third-order valence-electron chi connectivity index (χ3n) is 2.64. The van der Waals surface area contributed by atoms with Crippen molar-refractivity contribution in [1.29, 1.82) is 0 Å². The second kappa shape index (κ2) is 7.56. The molecule has 1 rings (SSSR count). The van der Waals surface area contributed by atoms with Crippen LogP contribution in [0.1, 0.15) is 0 Å². The fourth-order valence-corrected chi connectivity index (χ4v) is 1.75. The van der Waals surface area contributed by atoms with Gasteiger partial charge in [-0.2, -0.15) is 0 Å². The van der Waals surface area contributed by atoms with Crippen LogP contribution in [0.2, 0.25) is 0 Å². The SMILES string of the molecule is NCCN(CCN1CCOCC1)CC(=O)O. The van der Waals surface area contributed by atoms with Crippen LogP contribution >= 0.6 is 0 Å². The first-order chi connectivity index (χ1) is 7.72. The number of nitrogens with zero attached hydrogens (tertiary/aromatic N) is 2. The average Bonchev–Trinajstić information content (AvgIpc) is 2.27. The Balaban J connectivity index is 2.21. The van der Waals surface area contributed by atoms with Gasteiger partial charge in [-0.05, 0) is 0 Å². The molecule has 0 saturated carbocycles. The lowest BCUT2D eigenvalue weighted by Crippen LogP contribution is -2.43. The zero-order valence-corrected chi connectivity index (χ0v) is 9.60. The second-order valence-corrected chi connectivity index (χ2v) is 3.91. The zero-order chi connectivity index (χ0) is 11.8. The number of carbonyl (C=O) groups is 1. The quantitative estimate of drug-likeness (QED) is 0.565. The van der Waals surface area contributed by atoms with Crippen LogP contribution in [0.5, 0.6) is 0 Å². The molecule has 94 valence electrons. The number of aliphatic carboxylic acids is 1. The van der Waals surface area contributed by atoms with Crippen LogP contribution in [0.4, 0.5) is 0 Å². The van der Waals surface area contributed by atoms with Crippen molar-refractivity contribution in [3.8, 4) is 0 Å². The smallest absolute Gasteiger partial charge is 0.317 e. The predicted octanol–water partition coefficient (Wildman–Crippen LogP) is -1.34. The van der Waals surface area contributed by atoms with Gasteiger partial charge < -0.3 is 15.6 Å². The molecule has 0 atom stereocenters. The maximum absolute atomic E-state index is 10.6. The molecular weight excluding hydrogens is 210 g/mol. The molecule has 6 nitrogen and oxygen atoms in total. The van der Waals surface area contributed by atoms with E-state index in [1.807, 2.05) is 4.90 Å². The van der Waals surface area contributed by atoms with Crippen molar-refractivity contribution in [2.75, 3.05) is 59.0 Å². The number of nitrogens with two attached hydrogens (primary N) is 1. The van der Waals surface area contributed by atoms with E-state index < -0.39 is 5.97 Å². The van der Waals surface area contributed by atoms with Gasteiger partial charge in [0, 0.05) is 39.3 Å². The Morgan fingerprint density at radius 1 is 1.38 bits per heavy atom. The van der Waals surface area contributed by atoms with Gasteiger partial charge in [0.05, 0.1) is 19.8 Å². The van der Waals surface area contributed by atoms with E-state index in [-0.39, 0.29) is 6.54 Å². The van der Waals surface area contributed by atoms with Crippen LogP contribution in [0, 0.1) is 0 Å². The van der Waals surface area contributed by atoms with Gasteiger partial charge in [-0.15, -0.1) is 0 Å². The summed E-state index contributed by atoms with van der Waals surface area (Å²) >= 11 is 0. The van der Waals surface area contributed by atoms with Crippen LogP contribution in [-0.2, 0) is 9.53 Å². The third-order valence-corrected chi connectivity index (χ3v) is 2.64. The summed E-state index contributed by atoms with van der Waals surface area (Å²) in [5, 5.41) is 8.73. The molecule has 0 aliphatic carbocycles. The van der Waals surface area contributed by atoms with Crippen molar-refractivity contribution in [3.05, 3.63) is 0 Å².